The molecule has 0 aliphatic carbocycles. The molecule has 0 spiro atoms. The van der Waals surface area contributed by atoms with Crippen LogP contribution in [0.2, 0.25) is 0 Å². The second-order valence-electron chi connectivity index (χ2n) is 6.13. The van der Waals surface area contributed by atoms with Crippen LogP contribution < -0.4 is 10.9 Å². The monoisotopic (exact) mass is 366 g/mol. The summed E-state index contributed by atoms with van der Waals surface area (Å²) in [5.74, 6) is -1.61. The molecule has 0 unspecified atom stereocenters. The van der Waals surface area contributed by atoms with Crippen LogP contribution in [0.5, 0.6) is 0 Å². The van der Waals surface area contributed by atoms with E-state index in [2.05, 4.69) is 20.4 Å². The summed E-state index contributed by atoms with van der Waals surface area (Å²) < 4.78 is 1.08. The Hall–Kier alpha value is -3.82. The maximum absolute atomic E-state index is 12.5. The van der Waals surface area contributed by atoms with Crippen LogP contribution in [0.4, 0.5) is 5.95 Å². The normalized spacial score (nSPS) is 14.5. The number of carbonyl (C=O) groups excluding carboxylic acids is 3. The standard InChI is InChI=1S/C17H14N6O4/c1-8-7-12(24)23-17(18-8)20-16(21-23)19-13(25)9(2)22-14(26)10-5-3-4-6-11(10)15(22)27/h3-7,9H,1-2H3,(H2,18,19,20,21,25)/t9-/m1/s1. The third-order valence-electron chi connectivity index (χ3n) is 4.29. The molecule has 136 valence electrons. The van der Waals surface area contributed by atoms with Gasteiger partial charge in [-0.05, 0) is 26.0 Å². The van der Waals surface area contributed by atoms with Gasteiger partial charge in [0.25, 0.3) is 23.2 Å². The Morgan fingerprint density at radius 3 is 2.37 bits per heavy atom. The summed E-state index contributed by atoms with van der Waals surface area (Å²) in [5.41, 5.74) is 0.636. The van der Waals surface area contributed by atoms with Crippen LogP contribution in [-0.4, -0.2) is 48.2 Å². The van der Waals surface area contributed by atoms with Gasteiger partial charge in [0, 0.05) is 11.8 Å². The maximum Gasteiger partial charge on any atom is 0.274 e. The topological polar surface area (TPSA) is 130 Å². The highest BCUT2D eigenvalue weighted by Crippen LogP contribution is 2.24. The van der Waals surface area contributed by atoms with Crippen LogP contribution in [0.15, 0.2) is 35.1 Å². The smallest absolute Gasteiger partial charge is 0.274 e. The maximum atomic E-state index is 12.5. The van der Waals surface area contributed by atoms with Crippen molar-refractivity contribution in [2.75, 3.05) is 5.32 Å². The van der Waals surface area contributed by atoms with Crippen molar-refractivity contribution < 1.29 is 14.4 Å². The average molecular weight is 366 g/mol. The van der Waals surface area contributed by atoms with Crippen LogP contribution in [0.25, 0.3) is 5.78 Å². The van der Waals surface area contributed by atoms with Crippen molar-refractivity contribution in [1.29, 1.82) is 0 Å². The molecule has 2 aromatic heterocycles. The number of H-pyrrole nitrogens is 1. The van der Waals surface area contributed by atoms with E-state index in [1.165, 1.54) is 13.0 Å². The molecule has 0 saturated heterocycles. The fraction of sp³-hybridized carbons (Fsp3) is 0.176. The van der Waals surface area contributed by atoms with Gasteiger partial charge in [0.15, 0.2) is 0 Å². The number of rotatable bonds is 3. The van der Waals surface area contributed by atoms with Crippen LogP contribution in [0.3, 0.4) is 0 Å². The van der Waals surface area contributed by atoms with E-state index in [1.54, 1.807) is 31.2 Å². The second kappa shape index (κ2) is 5.87. The van der Waals surface area contributed by atoms with Crippen LogP contribution in [0, 0.1) is 6.92 Å². The van der Waals surface area contributed by atoms with E-state index in [0.29, 0.717) is 5.69 Å². The van der Waals surface area contributed by atoms with Crippen molar-refractivity contribution in [2.24, 2.45) is 0 Å². The fourth-order valence-corrected chi connectivity index (χ4v) is 2.95. The van der Waals surface area contributed by atoms with Crippen molar-refractivity contribution >= 4 is 29.4 Å². The van der Waals surface area contributed by atoms with Gasteiger partial charge in [0.1, 0.15) is 6.04 Å². The molecule has 3 aromatic rings. The number of fused-ring (bicyclic) bond motifs is 2. The summed E-state index contributed by atoms with van der Waals surface area (Å²) in [6.07, 6.45) is 0. The predicted molar refractivity (Wildman–Crippen MR) is 93.4 cm³/mol. The first kappa shape index (κ1) is 16.6. The van der Waals surface area contributed by atoms with Gasteiger partial charge in [-0.25, -0.2) is 4.98 Å². The summed E-state index contributed by atoms with van der Waals surface area (Å²) in [6.45, 7) is 3.09. The first-order chi connectivity index (χ1) is 12.9. The van der Waals surface area contributed by atoms with Gasteiger partial charge in [-0.2, -0.15) is 9.50 Å². The van der Waals surface area contributed by atoms with Gasteiger partial charge in [0.2, 0.25) is 11.9 Å². The number of anilines is 1. The van der Waals surface area contributed by atoms with Crippen molar-refractivity contribution in [1.82, 2.24) is 24.5 Å². The summed E-state index contributed by atoms with van der Waals surface area (Å²) in [4.78, 5) is 58.4. The lowest BCUT2D eigenvalue weighted by molar-refractivity contribution is -0.119. The Morgan fingerprint density at radius 1 is 1.11 bits per heavy atom. The number of hydrogen-bond acceptors (Lipinski definition) is 6. The Morgan fingerprint density at radius 2 is 1.74 bits per heavy atom. The van der Waals surface area contributed by atoms with Crippen LogP contribution in [-0.2, 0) is 4.79 Å². The minimum Gasteiger partial charge on any atom is -0.293 e. The Balaban J connectivity index is 1.59. The van der Waals surface area contributed by atoms with Gasteiger partial charge in [-0.1, -0.05) is 12.1 Å². The largest absolute Gasteiger partial charge is 0.293 e. The second-order valence-corrected chi connectivity index (χ2v) is 6.13. The van der Waals surface area contributed by atoms with Crippen molar-refractivity contribution in [3.8, 4) is 0 Å². The molecule has 1 aliphatic rings. The number of aromatic amines is 1. The zero-order valence-electron chi connectivity index (χ0n) is 14.4. The molecule has 4 rings (SSSR count). The van der Waals surface area contributed by atoms with Gasteiger partial charge in [-0.3, -0.25) is 34.5 Å². The summed E-state index contributed by atoms with van der Waals surface area (Å²) >= 11 is 0. The molecule has 27 heavy (non-hydrogen) atoms. The molecule has 3 heterocycles. The van der Waals surface area contributed by atoms with Crippen molar-refractivity contribution in [3.05, 3.63) is 57.5 Å². The quantitative estimate of drug-likeness (QED) is 0.644. The zero-order chi connectivity index (χ0) is 19.3. The fourth-order valence-electron chi connectivity index (χ4n) is 2.95. The molecule has 3 amide bonds. The highest BCUT2D eigenvalue weighted by Gasteiger charge is 2.40. The number of nitrogens with zero attached hydrogens (tertiary/aromatic N) is 4. The number of carbonyl (C=O) groups is 3. The Bertz CT molecular complexity index is 1140. The summed E-state index contributed by atoms with van der Waals surface area (Å²) in [6, 6.07) is 6.63. The number of hydrogen-bond donors (Lipinski definition) is 2. The number of benzene rings is 1. The molecule has 0 saturated carbocycles. The molecule has 0 radical (unpaired) electrons. The SMILES string of the molecule is Cc1cc(=O)n2[nH]c(NC(=O)[C@@H](C)N3C(=O)c4ccccc4C3=O)nc2n1. The minimum atomic E-state index is -1.07. The molecular formula is C17H14N6O4. The molecular weight excluding hydrogens is 352 g/mol. The lowest BCUT2D eigenvalue weighted by Gasteiger charge is -2.20. The average Bonchev–Trinajstić information content (AvgIpc) is 3.14. The molecule has 1 aromatic carbocycles. The lowest BCUT2D eigenvalue weighted by Crippen LogP contribution is -2.45. The third-order valence-corrected chi connectivity index (χ3v) is 4.29. The molecule has 0 bridgehead atoms. The molecule has 1 atom stereocenters. The van der Waals surface area contributed by atoms with E-state index in [0.717, 1.165) is 9.42 Å². The zero-order valence-corrected chi connectivity index (χ0v) is 14.4. The number of imide groups is 1. The molecule has 10 nitrogen and oxygen atoms in total. The Kier molecular flexibility index (Phi) is 3.62. The number of aromatic nitrogens is 4. The van der Waals surface area contributed by atoms with E-state index in [4.69, 9.17) is 0 Å². The highest BCUT2D eigenvalue weighted by atomic mass is 16.2. The van der Waals surface area contributed by atoms with Gasteiger partial charge < -0.3 is 0 Å². The van der Waals surface area contributed by atoms with E-state index in [1.807, 2.05) is 0 Å². The van der Waals surface area contributed by atoms with Gasteiger partial charge in [-0.15, -0.1) is 0 Å². The molecule has 1 aliphatic heterocycles. The highest BCUT2D eigenvalue weighted by molar-refractivity contribution is 6.23. The number of nitrogens with one attached hydrogen (secondary N) is 2. The van der Waals surface area contributed by atoms with E-state index < -0.39 is 23.8 Å². The van der Waals surface area contributed by atoms with E-state index in [-0.39, 0.29) is 28.4 Å². The number of amides is 3. The summed E-state index contributed by atoms with van der Waals surface area (Å²) in [7, 11) is 0. The first-order valence-corrected chi connectivity index (χ1v) is 8.11. The third kappa shape index (κ3) is 2.58. The lowest BCUT2D eigenvalue weighted by atomic mass is 10.1. The van der Waals surface area contributed by atoms with Gasteiger partial charge >= 0.3 is 0 Å². The van der Waals surface area contributed by atoms with Crippen LogP contribution in [0.1, 0.15) is 33.3 Å². The van der Waals surface area contributed by atoms with E-state index >= 15 is 0 Å². The molecule has 0 fully saturated rings. The van der Waals surface area contributed by atoms with Crippen LogP contribution >= 0.6 is 0 Å². The minimum absolute atomic E-state index is 0.0151. The predicted octanol–water partition coefficient (Wildman–Crippen LogP) is 0.349. The van der Waals surface area contributed by atoms with Crippen molar-refractivity contribution in [3.63, 3.8) is 0 Å². The molecule has 10 heteroatoms. The number of aryl methyl sites for hydroxylation is 1. The van der Waals surface area contributed by atoms with Crippen molar-refractivity contribution in [2.45, 2.75) is 19.9 Å². The van der Waals surface area contributed by atoms with E-state index in [9.17, 15) is 19.2 Å². The molecule has 2 N–H and O–H groups in total. The first-order valence-electron chi connectivity index (χ1n) is 8.11. The van der Waals surface area contributed by atoms with Gasteiger partial charge in [0.05, 0.1) is 11.1 Å². The summed E-state index contributed by atoms with van der Waals surface area (Å²) in [5, 5.41) is 5.09. The Labute approximate surface area is 151 Å².